The summed E-state index contributed by atoms with van der Waals surface area (Å²) in [5, 5.41) is 2.69. The Balaban J connectivity index is 1.79. The molecular formula is C23H26N2O7S. The van der Waals surface area contributed by atoms with E-state index in [2.05, 4.69) is 5.32 Å². The standard InChI is InChI=1S/C23H26N2O7S/c1-15-6-8-20(9-7-15)33(29,30)25-10-4-5-16(14-25)21(26)24-19-12-17(22(27)31-2)11-18(13-19)23(28)32-3/h6-9,11-13,16H,4-5,10,14H2,1-3H3,(H,24,26)/t16-/m1/s1. The van der Waals surface area contributed by atoms with Gasteiger partial charge in [0.05, 0.1) is 36.2 Å². The van der Waals surface area contributed by atoms with Crippen molar-refractivity contribution in [2.45, 2.75) is 24.7 Å². The van der Waals surface area contributed by atoms with Crippen molar-refractivity contribution < 1.29 is 32.3 Å². The molecule has 1 aliphatic rings. The Bertz CT molecular complexity index is 1130. The third kappa shape index (κ3) is 5.58. The van der Waals surface area contributed by atoms with Gasteiger partial charge in [-0.25, -0.2) is 18.0 Å². The van der Waals surface area contributed by atoms with E-state index in [1.807, 2.05) is 6.92 Å². The van der Waals surface area contributed by atoms with E-state index in [9.17, 15) is 22.8 Å². The molecule has 2 aromatic rings. The van der Waals surface area contributed by atoms with Crippen molar-refractivity contribution in [3.05, 3.63) is 59.2 Å². The van der Waals surface area contributed by atoms with Crippen LogP contribution in [0.15, 0.2) is 47.4 Å². The van der Waals surface area contributed by atoms with E-state index in [1.54, 1.807) is 24.3 Å². The van der Waals surface area contributed by atoms with Gasteiger partial charge in [0.2, 0.25) is 15.9 Å². The molecule has 1 fully saturated rings. The number of nitrogens with one attached hydrogen (secondary N) is 1. The van der Waals surface area contributed by atoms with Gasteiger partial charge in [-0.05, 0) is 50.1 Å². The zero-order chi connectivity index (χ0) is 24.2. The minimum atomic E-state index is -3.73. The van der Waals surface area contributed by atoms with Crippen LogP contribution in [0.2, 0.25) is 0 Å². The first-order chi connectivity index (χ1) is 15.6. The number of nitrogens with zero attached hydrogens (tertiary/aromatic N) is 1. The predicted octanol–water partition coefficient (Wildman–Crippen LogP) is 2.61. The Labute approximate surface area is 192 Å². The highest BCUT2D eigenvalue weighted by Crippen LogP contribution is 2.26. The van der Waals surface area contributed by atoms with E-state index >= 15 is 0 Å². The quantitative estimate of drug-likeness (QED) is 0.639. The van der Waals surface area contributed by atoms with Crippen LogP contribution in [0.3, 0.4) is 0 Å². The number of hydrogen-bond donors (Lipinski definition) is 1. The Morgan fingerprint density at radius 3 is 2.09 bits per heavy atom. The number of piperidine rings is 1. The summed E-state index contributed by atoms with van der Waals surface area (Å²) >= 11 is 0. The number of carbonyl (C=O) groups excluding carboxylic acids is 3. The van der Waals surface area contributed by atoms with Crippen LogP contribution in [0.5, 0.6) is 0 Å². The number of anilines is 1. The number of sulfonamides is 1. The monoisotopic (exact) mass is 474 g/mol. The summed E-state index contributed by atoms with van der Waals surface area (Å²) in [5.74, 6) is -2.35. The molecule has 1 amide bonds. The second-order valence-corrected chi connectivity index (χ2v) is 9.72. The Morgan fingerprint density at radius 2 is 1.55 bits per heavy atom. The van der Waals surface area contributed by atoms with Crippen LogP contribution in [0.4, 0.5) is 5.69 Å². The smallest absolute Gasteiger partial charge is 0.337 e. The Hall–Kier alpha value is -3.24. The Kier molecular flexibility index (Phi) is 7.50. The molecule has 9 nitrogen and oxygen atoms in total. The van der Waals surface area contributed by atoms with Gasteiger partial charge in [0.1, 0.15) is 0 Å². The molecule has 0 unspecified atom stereocenters. The van der Waals surface area contributed by atoms with Gasteiger partial charge >= 0.3 is 11.9 Å². The van der Waals surface area contributed by atoms with Crippen LogP contribution in [0.1, 0.15) is 39.1 Å². The van der Waals surface area contributed by atoms with Crippen molar-refractivity contribution in [2.24, 2.45) is 5.92 Å². The zero-order valence-corrected chi connectivity index (χ0v) is 19.5. The fourth-order valence-electron chi connectivity index (χ4n) is 3.65. The van der Waals surface area contributed by atoms with Crippen LogP contribution >= 0.6 is 0 Å². The maximum Gasteiger partial charge on any atom is 0.337 e. The van der Waals surface area contributed by atoms with Gasteiger partial charge in [-0.1, -0.05) is 17.7 Å². The highest BCUT2D eigenvalue weighted by Gasteiger charge is 2.33. The fourth-order valence-corrected chi connectivity index (χ4v) is 5.17. The average molecular weight is 475 g/mol. The summed E-state index contributed by atoms with van der Waals surface area (Å²) in [6, 6.07) is 10.7. The third-order valence-corrected chi connectivity index (χ3v) is 7.34. The molecule has 2 aromatic carbocycles. The topological polar surface area (TPSA) is 119 Å². The van der Waals surface area contributed by atoms with Crippen molar-refractivity contribution >= 4 is 33.6 Å². The van der Waals surface area contributed by atoms with Crippen molar-refractivity contribution in [3.8, 4) is 0 Å². The zero-order valence-electron chi connectivity index (χ0n) is 18.7. The number of aryl methyl sites for hydroxylation is 1. The Morgan fingerprint density at radius 1 is 0.970 bits per heavy atom. The first-order valence-corrected chi connectivity index (χ1v) is 11.8. The molecule has 1 N–H and O–H groups in total. The van der Waals surface area contributed by atoms with Crippen molar-refractivity contribution in [2.75, 3.05) is 32.6 Å². The molecule has 1 atom stereocenters. The second kappa shape index (κ2) is 10.1. The average Bonchev–Trinajstić information content (AvgIpc) is 2.83. The summed E-state index contributed by atoms with van der Waals surface area (Å²) in [7, 11) is -1.32. The molecule has 0 radical (unpaired) electrons. The lowest BCUT2D eigenvalue weighted by Gasteiger charge is -2.31. The number of esters is 2. The molecule has 0 saturated carbocycles. The van der Waals surface area contributed by atoms with Crippen LogP contribution in [-0.4, -0.2) is 57.9 Å². The molecule has 0 spiro atoms. The van der Waals surface area contributed by atoms with E-state index in [0.717, 1.165) is 5.56 Å². The maximum atomic E-state index is 13.0. The molecule has 0 aromatic heterocycles. The SMILES string of the molecule is COC(=O)c1cc(NC(=O)[C@@H]2CCCN(S(=O)(=O)c3ccc(C)cc3)C2)cc(C(=O)OC)c1. The van der Waals surface area contributed by atoms with Gasteiger partial charge in [-0.2, -0.15) is 4.31 Å². The van der Waals surface area contributed by atoms with Crippen LogP contribution in [-0.2, 0) is 24.3 Å². The number of methoxy groups -OCH3 is 2. The molecule has 1 heterocycles. The summed E-state index contributed by atoms with van der Waals surface area (Å²) < 4.78 is 36.8. The molecular weight excluding hydrogens is 448 g/mol. The summed E-state index contributed by atoms with van der Waals surface area (Å²) in [6.07, 6.45) is 1.03. The van der Waals surface area contributed by atoms with Gasteiger partial charge in [0, 0.05) is 18.8 Å². The molecule has 1 aliphatic heterocycles. The van der Waals surface area contributed by atoms with Crippen molar-refractivity contribution in [3.63, 3.8) is 0 Å². The van der Waals surface area contributed by atoms with Crippen LogP contribution < -0.4 is 5.32 Å². The third-order valence-electron chi connectivity index (χ3n) is 5.46. The van der Waals surface area contributed by atoms with E-state index in [1.165, 1.54) is 36.7 Å². The van der Waals surface area contributed by atoms with E-state index in [4.69, 9.17) is 9.47 Å². The lowest BCUT2D eigenvalue weighted by molar-refractivity contribution is -0.120. The van der Waals surface area contributed by atoms with Gasteiger partial charge in [-0.15, -0.1) is 0 Å². The predicted molar refractivity (Wildman–Crippen MR) is 120 cm³/mol. The minimum Gasteiger partial charge on any atom is -0.465 e. The van der Waals surface area contributed by atoms with Gasteiger partial charge in [0.15, 0.2) is 0 Å². The number of benzene rings is 2. The summed E-state index contributed by atoms with van der Waals surface area (Å²) in [5.41, 5.74) is 1.30. The highest BCUT2D eigenvalue weighted by molar-refractivity contribution is 7.89. The first-order valence-electron chi connectivity index (χ1n) is 10.3. The number of rotatable bonds is 6. The molecule has 176 valence electrons. The number of hydrogen-bond acceptors (Lipinski definition) is 7. The lowest BCUT2D eigenvalue weighted by Crippen LogP contribution is -2.43. The molecule has 0 bridgehead atoms. The molecule has 0 aliphatic carbocycles. The van der Waals surface area contributed by atoms with Crippen molar-refractivity contribution in [1.29, 1.82) is 0 Å². The maximum absolute atomic E-state index is 13.0. The van der Waals surface area contributed by atoms with Crippen molar-refractivity contribution in [1.82, 2.24) is 4.31 Å². The van der Waals surface area contributed by atoms with E-state index in [-0.39, 0.29) is 28.3 Å². The van der Waals surface area contributed by atoms with Crippen LogP contribution in [0, 0.1) is 12.8 Å². The number of ether oxygens (including phenoxy) is 2. The number of amides is 1. The van der Waals surface area contributed by atoms with Crippen LogP contribution in [0.25, 0.3) is 0 Å². The lowest BCUT2D eigenvalue weighted by atomic mass is 9.98. The normalized spacial score (nSPS) is 16.6. The fraction of sp³-hybridized carbons (Fsp3) is 0.348. The molecule has 10 heteroatoms. The van der Waals surface area contributed by atoms with E-state index < -0.39 is 33.8 Å². The second-order valence-electron chi connectivity index (χ2n) is 7.79. The summed E-state index contributed by atoms with van der Waals surface area (Å²) in [6.45, 7) is 2.23. The molecule has 3 rings (SSSR count). The molecule has 1 saturated heterocycles. The van der Waals surface area contributed by atoms with Gasteiger partial charge in [-0.3, -0.25) is 4.79 Å². The van der Waals surface area contributed by atoms with Gasteiger partial charge in [0.25, 0.3) is 0 Å². The summed E-state index contributed by atoms with van der Waals surface area (Å²) in [4.78, 5) is 37.1. The van der Waals surface area contributed by atoms with Gasteiger partial charge < -0.3 is 14.8 Å². The van der Waals surface area contributed by atoms with E-state index in [0.29, 0.717) is 19.4 Å². The number of carbonyl (C=O) groups is 3. The highest BCUT2D eigenvalue weighted by atomic mass is 32.2. The minimum absolute atomic E-state index is 0.0304. The largest absolute Gasteiger partial charge is 0.465 e. The first kappa shape index (κ1) is 24.4. The molecule has 33 heavy (non-hydrogen) atoms.